The number of pyridine rings is 1. The maximum Gasteiger partial charge on any atom is 0.238 e. The maximum atomic E-state index is 10.8. The topological polar surface area (TPSA) is 68.0 Å². The van der Waals surface area contributed by atoms with Crippen LogP contribution in [0, 0.1) is 6.92 Å². The van der Waals surface area contributed by atoms with Gasteiger partial charge in [-0.05, 0) is 18.6 Å². The lowest BCUT2D eigenvalue weighted by atomic mass is 10.3. The average Bonchev–Trinajstić information content (AvgIpc) is 2.04. The third-order valence-electron chi connectivity index (χ3n) is 1.34. The largest absolute Gasteiger partial charge is 0.324 e. The Labute approximate surface area is 70.8 Å². The Kier molecular flexibility index (Phi) is 2.76. The van der Waals surface area contributed by atoms with Crippen molar-refractivity contribution in [3.8, 4) is 0 Å². The van der Waals surface area contributed by atoms with E-state index < -0.39 is 0 Å². The van der Waals surface area contributed by atoms with E-state index in [4.69, 9.17) is 5.73 Å². The number of aryl methyl sites for hydroxylation is 1. The molecular weight excluding hydrogens is 154 g/mol. The minimum Gasteiger partial charge on any atom is -0.324 e. The summed E-state index contributed by atoms with van der Waals surface area (Å²) in [5.41, 5.74) is 6.82. The van der Waals surface area contributed by atoms with Crippen LogP contribution in [-0.4, -0.2) is 17.4 Å². The molecule has 0 aromatic carbocycles. The summed E-state index contributed by atoms with van der Waals surface area (Å²) >= 11 is 0. The first-order chi connectivity index (χ1) is 5.72. The Morgan fingerprint density at radius 3 is 3.00 bits per heavy atom. The number of anilines is 1. The monoisotopic (exact) mass is 165 g/mol. The molecule has 0 fully saturated rings. The highest BCUT2D eigenvalue weighted by atomic mass is 16.1. The number of carbonyl (C=O) groups excluding carboxylic acids is 1. The van der Waals surface area contributed by atoms with Crippen molar-refractivity contribution in [2.24, 2.45) is 5.73 Å². The molecule has 1 aromatic heterocycles. The highest BCUT2D eigenvalue weighted by Crippen LogP contribution is 2.06. The normalized spacial score (nSPS) is 9.50. The van der Waals surface area contributed by atoms with E-state index in [1.54, 1.807) is 12.4 Å². The number of nitrogens with zero attached hydrogens (tertiary/aromatic N) is 1. The molecule has 0 aliphatic heterocycles. The molecule has 0 atom stereocenters. The van der Waals surface area contributed by atoms with Crippen molar-refractivity contribution in [2.45, 2.75) is 6.92 Å². The Morgan fingerprint density at radius 1 is 1.67 bits per heavy atom. The van der Waals surface area contributed by atoms with Crippen LogP contribution in [0.5, 0.6) is 0 Å². The van der Waals surface area contributed by atoms with Crippen molar-refractivity contribution in [3.05, 3.63) is 24.0 Å². The van der Waals surface area contributed by atoms with E-state index in [0.717, 1.165) is 5.56 Å². The van der Waals surface area contributed by atoms with Crippen molar-refractivity contribution in [1.82, 2.24) is 4.98 Å². The van der Waals surface area contributed by atoms with E-state index in [1.807, 2.05) is 13.0 Å². The molecule has 0 radical (unpaired) electrons. The molecule has 0 aliphatic rings. The summed E-state index contributed by atoms with van der Waals surface area (Å²) in [6.07, 6.45) is 3.30. The first-order valence-electron chi connectivity index (χ1n) is 3.64. The number of hydrogen-bond donors (Lipinski definition) is 2. The molecule has 12 heavy (non-hydrogen) atoms. The van der Waals surface area contributed by atoms with E-state index in [0.29, 0.717) is 5.69 Å². The Bertz CT molecular complexity index is 285. The van der Waals surface area contributed by atoms with Gasteiger partial charge in [0.1, 0.15) is 0 Å². The van der Waals surface area contributed by atoms with Crippen LogP contribution in [0.3, 0.4) is 0 Å². The van der Waals surface area contributed by atoms with Crippen LogP contribution in [0.2, 0.25) is 0 Å². The zero-order chi connectivity index (χ0) is 8.97. The predicted octanol–water partition coefficient (Wildman–Crippen LogP) is 0.287. The maximum absolute atomic E-state index is 10.8. The SMILES string of the molecule is Cc1cncc(NC(=O)CN)c1. The Balaban J connectivity index is 2.69. The molecule has 1 aromatic rings. The van der Waals surface area contributed by atoms with Crippen LogP contribution in [-0.2, 0) is 4.79 Å². The van der Waals surface area contributed by atoms with Gasteiger partial charge in [-0.3, -0.25) is 9.78 Å². The van der Waals surface area contributed by atoms with Crippen molar-refractivity contribution < 1.29 is 4.79 Å². The molecule has 1 amide bonds. The smallest absolute Gasteiger partial charge is 0.238 e. The van der Waals surface area contributed by atoms with Crippen LogP contribution in [0.15, 0.2) is 18.5 Å². The van der Waals surface area contributed by atoms with Gasteiger partial charge in [0.2, 0.25) is 5.91 Å². The standard InChI is InChI=1S/C8H11N3O/c1-6-2-7(5-10-4-6)11-8(12)3-9/h2,4-5H,3,9H2,1H3,(H,11,12). The van der Waals surface area contributed by atoms with E-state index >= 15 is 0 Å². The quantitative estimate of drug-likeness (QED) is 0.661. The van der Waals surface area contributed by atoms with Gasteiger partial charge in [-0.1, -0.05) is 0 Å². The van der Waals surface area contributed by atoms with Crippen LogP contribution < -0.4 is 11.1 Å². The third kappa shape index (κ3) is 2.32. The molecule has 0 aliphatic carbocycles. The highest BCUT2D eigenvalue weighted by Gasteiger charge is 1.98. The van der Waals surface area contributed by atoms with Gasteiger partial charge in [-0.2, -0.15) is 0 Å². The second-order valence-corrected chi connectivity index (χ2v) is 2.50. The van der Waals surface area contributed by atoms with Crippen molar-refractivity contribution in [2.75, 3.05) is 11.9 Å². The van der Waals surface area contributed by atoms with Gasteiger partial charge < -0.3 is 11.1 Å². The zero-order valence-electron chi connectivity index (χ0n) is 6.87. The third-order valence-corrected chi connectivity index (χ3v) is 1.34. The molecule has 4 heteroatoms. The number of rotatable bonds is 2. The minimum atomic E-state index is -0.206. The van der Waals surface area contributed by atoms with E-state index in [9.17, 15) is 4.79 Å². The molecule has 0 unspecified atom stereocenters. The molecule has 4 nitrogen and oxygen atoms in total. The first-order valence-corrected chi connectivity index (χ1v) is 3.64. The second-order valence-electron chi connectivity index (χ2n) is 2.50. The lowest BCUT2D eigenvalue weighted by Gasteiger charge is -2.02. The summed E-state index contributed by atoms with van der Waals surface area (Å²) in [6, 6.07) is 1.83. The lowest BCUT2D eigenvalue weighted by Crippen LogP contribution is -2.21. The van der Waals surface area contributed by atoms with Gasteiger partial charge in [0.05, 0.1) is 18.4 Å². The van der Waals surface area contributed by atoms with Gasteiger partial charge in [0.15, 0.2) is 0 Å². The first kappa shape index (κ1) is 8.67. The fraction of sp³-hybridized carbons (Fsp3) is 0.250. The second kappa shape index (κ2) is 3.82. The summed E-state index contributed by atoms with van der Waals surface area (Å²) in [4.78, 5) is 14.7. The minimum absolute atomic E-state index is 0.00601. The fourth-order valence-corrected chi connectivity index (χ4v) is 0.835. The molecule has 1 rings (SSSR count). The molecule has 1 heterocycles. The zero-order valence-corrected chi connectivity index (χ0v) is 6.87. The number of carbonyl (C=O) groups is 1. The van der Waals surface area contributed by atoms with Crippen LogP contribution in [0.1, 0.15) is 5.56 Å². The van der Waals surface area contributed by atoms with Crippen LogP contribution in [0.25, 0.3) is 0 Å². The van der Waals surface area contributed by atoms with E-state index in [2.05, 4.69) is 10.3 Å². The Morgan fingerprint density at radius 2 is 2.42 bits per heavy atom. The lowest BCUT2D eigenvalue weighted by molar-refractivity contribution is -0.114. The van der Waals surface area contributed by atoms with Crippen LogP contribution >= 0.6 is 0 Å². The number of amides is 1. The number of aromatic nitrogens is 1. The summed E-state index contributed by atoms with van der Waals surface area (Å²) in [7, 11) is 0. The molecule has 3 N–H and O–H groups in total. The molecule has 0 spiro atoms. The fourth-order valence-electron chi connectivity index (χ4n) is 0.835. The average molecular weight is 165 g/mol. The molecule has 0 saturated heterocycles. The Hall–Kier alpha value is -1.42. The molecular formula is C8H11N3O. The molecule has 64 valence electrons. The number of nitrogens with one attached hydrogen (secondary N) is 1. The summed E-state index contributed by atoms with van der Waals surface area (Å²) in [5, 5.41) is 2.61. The summed E-state index contributed by atoms with van der Waals surface area (Å²) in [5.74, 6) is -0.206. The highest BCUT2D eigenvalue weighted by molar-refractivity contribution is 5.91. The van der Waals surface area contributed by atoms with Crippen molar-refractivity contribution in [3.63, 3.8) is 0 Å². The summed E-state index contributed by atoms with van der Waals surface area (Å²) < 4.78 is 0. The van der Waals surface area contributed by atoms with E-state index in [-0.39, 0.29) is 12.5 Å². The molecule has 0 saturated carbocycles. The van der Waals surface area contributed by atoms with Crippen molar-refractivity contribution in [1.29, 1.82) is 0 Å². The van der Waals surface area contributed by atoms with Gasteiger partial charge in [-0.25, -0.2) is 0 Å². The van der Waals surface area contributed by atoms with Crippen LogP contribution in [0.4, 0.5) is 5.69 Å². The number of nitrogens with two attached hydrogens (primary N) is 1. The van der Waals surface area contributed by atoms with Gasteiger partial charge in [0, 0.05) is 6.20 Å². The molecule has 0 bridgehead atoms. The summed E-state index contributed by atoms with van der Waals surface area (Å²) in [6.45, 7) is 1.90. The number of hydrogen-bond acceptors (Lipinski definition) is 3. The predicted molar refractivity (Wildman–Crippen MR) is 46.7 cm³/mol. The van der Waals surface area contributed by atoms with E-state index in [1.165, 1.54) is 0 Å². The van der Waals surface area contributed by atoms with Gasteiger partial charge in [-0.15, -0.1) is 0 Å². The van der Waals surface area contributed by atoms with Gasteiger partial charge in [0.25, 0.3) is 0 Å². The van der Waals surface area contributed by atoms with Gasteiger partial charge >= 0.3 is 0 Å². The van der Waals surface area contributed by atoms with Crippen molar-refractivity contribution >= 4 is 11.6 Å².